The summed E-state index contributed by atoms with van der Waals surface area (Å²) in [6.45, 7) is 1.63. The average molecular weight is 260 g/mol. The maximum absolute atomic E-state index is 10.9. The number of carboxylic acid groups (broad SMARTS) is 1. The Bertz CT molecular complexity index is 522. The van der Waals surface area contributed by atoms with E-state index < -0.39 is 5.97 Å². The first-order chi connectivity index (χ1) is 9.27. The van der Waals surface area contributed by atoms with Crippen LogP contribution in [0.15, 0.2) is 42.6 Å². The summed E-state index contributed by atoms with van der Waals surface area (Å²) in [5.74, 6) is -0.974. The summed E-state index contributed by atoms with van der Waals surface area (Å²) in [5, 5.41) is 11.9. The largest absolute Gasteiger partial charge is 0.477 e. The number of hydrogen-bond acceptors (Lipinski definition) is 3. The predicted molar refractivity (Wildman–Crippen MR) is 72.3 cm³/mol. The summed E-state index contributed by atoms with van der Waals surface area (Å²) in [4.78, 5) is 13.5. The summed E-state index contributed by atoms with van der Waals surface area (Å²) in [5.41, 5.74) is 1.87. The molecule has 1 aromatic carbocycles. The van der Waals surface area contributed by atoms with Gasteiger partial charge in [0, 0.05) is 12.7 Å². The Hall–Kier alpha value is -2.27. The van der Waals surface area contributed by atoms with Crippen molar-refractivity contribution in [3.05, 3.63) is 53.9 Å². The number of aromatic carboxylic acids is 1. The van der Waals surface area contributed by atoms with Gasteiger partial charge in [-0.3, -0.25) is 0 Å². The van der Waals surface area contributed by atoms with Gasteiger partial charge in [0.25, 0.3) is 0 Å². The van der Waals surface area contributed by atoms with Crippen LogP contribution in [0.4, 0.5) is 5.69 Å². The van der Waals surface area contributed by atoms with E-state index in [9.17, 15) is 4.79 Å². The quantitative estimate of drug-likeness (QED) is 0.668. The molecule has 0 saturated carbocycles. The summed E-state index contributed by atoms with van der Waals surface area (Å²) in [7, 11) is 0. The number of anilines is 1. The van der Waals surface area contributed by atoms with Gasteiger partial charge in [-0.1, -0.05) is 30.3 Å². The molecule has 0 radical (unpaired) electrons. The Morgan fingerprint density at radius 2 is 2.05 bits per heavy atom. The number of aromatic nitrogens is 1. The molecule has 0 spiro atoms. The number of benzene rings is 1. The predicted octanol–water partition coefficient (Wildman–Crippen LogP) is 2.34. The number of carbonyl (C=O) groups is 1. The molecule has 0 fully saturated rings. The molecule has 3 N–H and O–H groups in total. The van der Waals surface area contributed by atoms with Gasteiger partial charge in [0.05, 0.1) is 18.9 Å². The number of ether oxygens (including phenoxy) is 1. The Kier molecular flexibility index (Phi) is 4.58. The highest BCUT2D eigenvalue weighted by molar-refractivity contribution is 5.92. The fourth-order valence-electron chi connectivity index (χ4n) is 1.72. The molecule has 0 aliphatic carbocycles. The third kappa shape index (κ3) is 3.86. The molecule has 1 heterocycles. The highest BCUT2D eigenvalue weighted by atomic mass is 16.5. The van der Waals surface area contributed by atoms with Crippen LogP contribution < -0.4 is 5.32 Å². The zero-order chi connectivity index (χ0) is 13.5. The van der Waals surface area contributed by atoms with E-state index in [-0.39, 0.29) is 5.69 Å². The van der Waals surface area contributed by atoms with E-state index in [2.05, 4.69) is 10.3 Å². The monoisotopic (exact) mass is 260 g/mol. The zero-order valence-corrected chi connectivity index (χ0v) is 10.4. The van der Waals surface area contributed by atoms with E-state index in [4.69, 9.17) is 9.84 Å². The van der Waals surface area contributed by atoms with Crippen molar-refractivity contribution in [1.82, 2.24) is 4.98 Å². The fraction of sp³-hybridized carbons (Fsp3) is 0.214. The van der Waals surface area contributed by atoms with E-state index >= 15 is 0 Å². The van der Waals surface area contributed by atoms with Gasteiger partial charge < -0.3 is 20.1 Å². The lowest BCUT2D eigenvalue weighted by atomic mass is 10.2. The van der Waals surface area contributed by atoms with Crippen LogP contribution in [0.5, 0.6) is 0 Å². The third-order valence-electron chi connectivity index (χ3n) is 2.63. The highest BCUT2D eigenvalue weighted by Gasteiger charge is 2.09. The van der Waals surface area contributed by atoms with Crippen molar-refractivity contribution in [3.63, 3.8) is 0 Å². The Labute approximate surface area is 111 Å². The van der Waals surface area contributed by atoms with Crippen LogP contribution in [0.1, 0.15) is 16.1 Å². The maximum Gasteiger partial charge on any atom is 0.354 e. The topological polar surface area (TPSA) is 74.3 Å². The summed E-state index contributed by atoms with van der Waals surface area (Å²) in [6, 6.07) is 11.6. The molecule has 1 aromatic heterocycles. The Morgan fingerprint density at radius 1 is 1.26 bits per heavy atom. The van der Waals surface area contributed by atoms with E-state index in [1.54, 1.807) is 12.3 Å². The van der Waals surface area contributed by atoms with Crippen molar-refractivity contribution in [2.75, 3.05) is 18.5 Å². The van der Waals surface area contributed by atoms with Crippen molar-refractivity contribution < 1.29 is 14.6 Å². The van der Waals surface area contributed by atoms with E-state index in [1.165, 1.54) is 0 Å². The average Bonchev–Trinajstić information content (AvgIpc) is 2.88. The molecule has 0 bridgehead atoms. The second-order valence-corrected chi connectivity index (χ2v) is 4.04. The first kappa shape index (κ1) is 13.2. The van der Waals surface area contributed by atoms with Crippen molar-refractivity contribution in [2.24, 2.45) is 0 Å². The second kappa shape index (κ2) is 6.61. The van der Waals surface area contributed by atoms with Crippen LogP contribution in [-0.2, 0) is 11.3 Å². The van der Waals surface area contributed by atoms with Gasteiger partial charge in [0.15, 0.2) is 0 Å². The summed E-state index contributed by atoms with van der Waals surface area (Å²) in [6.07, 6.45) is 1.59. The molecule has 0 unspecified atom stereocenters. The van der Waals surface area contributed by atoms with E-state index in [0.717, 1.165) is 5.56 Å². The summed E-state index contributed by atoms with van der Waals surface area (Å²) < 4.78 is 5.50. The lowest BCUT2D eigenvalue weighted by Crippen LogP contribution is -2.11. The van der Waals surface area contributed by atoms with Crippen molar-refractivity contribution in [1.29, 1.82) is 0 Å². The molecular formula is C14H16N2O3. The molecule has 0 atom stereocenters. The van der Waals surface area contributed by atoms with Gasteiger partial charge >= 0.3 is 5.97 Å². The Morgan fingerprint density at radius 3 is 2.79 bits per heavy atom. The SMILES string of the molecule is O=C(O)c1[nH]ccc1NCCOCc1ccccc1. The molecule has 2 rings (SSSR count). The van der Waals surface area contributed by atoms with Gasteiger partial charge in [-0.15, -0.1) is 0 Å². The molecular weight excluding hydrogens is 244 g/mol. The van der Waals surface area contributed by atoms with Gasteiger partial charge in [0.2, 0.25) is 0 Å². The lowest BCUT2D eigenvalue weighted by molar-refractivity contribution is 0.0692. The number of carboxylic acids is 1. The minimum atomic E-state index is -0.974. The molecule has 5 heteroatoms. The van der Waals surface area contributed by atoms with Crippen LogP contribution in [0, 0.1) is 0 Å². The van der Waals surface area contributed by atoms with Crippen LogP contribution >= 0.6 is 0 Å². The zero-order valence-electron chi connectivity index (χ0n) is 10.4. The smallest absolute Gasteiger partial charge is 0.354 e. The molecule has 0 aliphatic rings. The van der Waals surface area contributed by atoms with Crippen molar-refractivity contribution >= 4 is 11.7 Å². The molecule has 19 heavy (non-hydrogen) atoms. The minimum absolute atomic E-state index is 0.169. The van der Waals surface area contributed by atoms with Gasteiger partial charge in [-0.25, -0.2) is 4.79 Å². The van der Waals surface area contributed by atoms with Crippen LogP contribution in [0.3, 0.4) is 0 Å². The number of aromatic amines is 1. The first-order valence-electron chi connectivity index (χ1n) is 6.03. The lowest BCUT2D eigenvalue weighted by Gasteiger charge is -2.07. The molecule has 0 amide bonds. The summed E-state index contributed by atoms with van der Waals surface area (Å²) >= 11 is 0. The fourth-order valence-corrected chi connectivity index (χ4v) is 1.72. The maximum atomic E-state index is 10.9. The normalized spacial score (nSPS) is 10.3. The van der Waals surface area contributed by atoms with Gasteiger partial charge in [-0.2, -0.15) is 0 Å². The van der Waals surface area contributed by atoms with Crippen LogP contribution in [0.25, 0.3) is 0 Å². The minimum Gasteiger partial charge on any atom is -0.477 e. The third-order valence-corrected chi connectivity index (χ3v) is 2.63. The van der Waals surface area contributed by atoms with Gasteiger partial charge in [0.1, 0.15) is 5.69 Å². The Balaban J connectivity index is 1.70. The highest BCUT2D eigenvalue weighted by Crippen LogP contribution is 2.12. The first-order valence-corrected chi connectivity index (χ1v) is 6.03. The van der Waals surface area contributed by atoms with Crippen LogP contribution in [0.2, 0.25) is 0 Å². The van der Waals surface area contributed by atoms with E-state index in [1.807, 2.05) is 30.3 Å². The molecule has 5 nitrogen and oxygen atoms in total. The standard InChI is InChI=1S/C14H16N2O3/c17-14(18)13-12(6-7-16-13)15-8-9-19-10-11-4-2-1-3-5-11/h1-7,15-16H,8-10H2,(H,17,18). The molecule has 0 aliphatic heterocycles. The molecule has 0 saturated heterocycles. The van der Waals surface area contributed by atoms with Crippen molar-refractivity contribution in [2.45, 2.75) is 6.61 Å². The molecule has 100 valence electrons. The number of nitrogens with one attached hydrogen (secondary N) is 2. The number of rotatable bonds is 7. The van der Waals surface area contributed by atoms with E-state index in [0.29, 0.717) is 25.4 Å². The number of H-pyrrole nitrogens is 1. The van der Waals surface area contributed by atoms with Crippen molar-refractivity contribution in [3.8, 4) is 0 Å². The van der Waals surface area contributed by atoms with Gasteiger partial charge in [-0.05, 0) is 11.6 Å². The molecule has 2 aromatic rings. The second-order valence-electron chi connectivity index (χ2n) is 4.04. The van der Waals surface area contributed by atoms with Crippen LogP contribution in [-0.4, -0.2) is 29.2 Å². The number of hydrogen-bond donors (Lipinski definition) is 3.